The molecule has 1 amide bonds. The number of carbonyl (C=O) groups excluding carboxylic acids is 1. The van der Waals surface area contributed by atoms with Gasteiger partial charge in [0.15, 0.2) is 0 Å². The van der Waals surface area contributed by atoms with Crippen LogP contribution in [0.3, 0.4) is 0 Å². The summed E-state index contributed by atoms with van der Waals surface area (Å²) in [7, 11) is 1.72. The number of carbonyl (C=O) groups is 1. The number of hydrogen-bond acceptors (Lipinski definition) is 7. The van der Waals surface area contributed by atoms with Crippen LogP contribution in [-0.4, -0.2) is 54.1 Å². The van der Waals surface area contributed by atoms with E-state index in [4.69, 9.17) is 4.74 Å². The van der Waals surface area contributed by atoms with E-state index in [1.54, 1.807) is 11.9 Å². The Labute approximate surface area is 105 Å². The normalized spacial score (nSPS) is 15.2. The first-order valence-electron chi connectivity index (χ1n) is 5.81. The smallest absolute Gasteiger partial charge is 0.323 e. The quantitative estimate of drug-likeness (QED) is 0.728. The summed E-state index contributed by atoms with van der Waals surface area (Å²) in [6.07, 6.45) is 0. The molecule has 1 aliphatic heterocycles. The molecule has 1 aliphatic rings. The fraction of sp³-hybridized carbons (Fsp3) is 0.600. The average Bonchev–Trinajstić information content (AvgIpc) is 2.39. The van der Waals surface area contributed by atoms with Gasteiger partial charge in [0.1, 0.15) is 0 Å². The van der Waals surface area contributed by atoms with Gasteiger partial charge in [0.25, 0.3) is 0 Å². The second-order valence-electron chi connectivity index (χ2n) is 3.70. The fourth-order valence-corrected chi connectivity index (χ4v) is 1.60. The first-order valence-corrected chi connectivity index (χ1v) is 5.81. The Balaban J connectivity index is 2.24. The second kappa shape index (κ2) is 5.48. The van der Waals surface area contributed by atoms with Gasteiger partial charge in [0, 0.05) is 20.1 Å². The molecule has 0 atom stereocenters. The first-order chi connectivity index (χ1) is 8.72. The Morgan fingerprint density at radius 2 is 2.28 bits per heavy atom. The number of hydrogen-bond donors (Lipinski definition) is 2. The van der Waals surface area contributed by atoms with Crippen LogP contribution in [0.5, 0.6) is 6.01 Å². The van der Waals surface area contributed by atoms with Crippen molar-refractivity contribution in [2.24, 2.45) is 0 Å². The lowest BCUT2D eigenvalue weighted by Crippen LogP contribution is -2.48. The lowest BCUT2D eigenvalue weighted by atomic mass is 10.4. The highest BCUT2D eigenvalue weighted by Gasteiger charge is 2.20. The SMILES string of the molecule is CCOc1nc(NC)nc(N2CCNC(=O)C2)n1. The third-order valence-corrected chi connectivity index (χ3v) is 2.42. The number of piperazine rings is 1. The Kier molecular flexibility index (Phi) is 3.75. The zero-order valence-corrected chi connectivity index (χ0v) is 10.4. The van der Waals surface area contributed by atoms with Crippen LogP contribution in [0, 0.1) is 0 Å². The molecule has 8 heteroatoms. The molecule has 1 aromatic rings. The molecule has 0 saturated carbocycles. The van der Waals surface area contributed by atoms with E-state index < -0.39 is 0 Å². The number of nitrogens with zero attached hydrogens (tertiary/aromatic N) is 4. The highest BCUT2D eigenvalue weighted by molar-refractivity contribution is 5.81. The summed E-state index contributed by atoms with van der Waals surface area (Å²) >= 11 is 0. The van der Waals surface area contributed by atoms with Gasteiger partial charge in [-0.3, -0.25) is 4.79 Å². The molecule has 0 aliphatic carbocycles. The van der Waals surface area contributed by atoms with Crippen molar-refractivity contribution >= 4 is 17.8 Å². The average molecular weight is 252 g/mol. The predicted octanol–water partition coefficient (Wildman–Crippen LogP) is -0.752. The maximum atomic E-state index is 11.3. The number of nitrogens with one attached hydrogen (secondary N) is 2. The standard InChI is InChI=1S/C10H16N6O2/c1-3-18-10-14-8(11-2)13-9(15-10)16-5-4-12-7(17)6-16/h3-6H2,1-2H3,(H,12,17)(H,11,13,14,15). The molecule has 0 bridgehead atoms. The fourth-order valence-electron chi connectivity index (χ4n) is 1.60. The van der Waals surface area contributed by atoms with Crippen molar-refractivity contribution in [3.8, 4) is 6.01 Å². The van der Waals surface area contributed by atoms with Crippen molar-refractivity contribution in [3.05, 3.63) is 0 Å². The minimum atomic E-state index is -0.0365. The summed E-state index contributed by atoms with van der Waals surface area (Å²) in [4.78, 5) is 25.6. The van der Waals surface area contributed by atoms with Gasteiger partial charge in [-0.1, -0.05) is 0 Å². The number of amides is 1. The predicted molar refractivity (Wildman–Crippen MR) is 65.8 cm³/mol. The van der Waals surface area contributed by atoms with Gasteiger partial charge in [-0.15, -0.1) is 0 Å². The van der Waals surface area contributed by atoms with E-state index in [0.29, 0.717) is 31.6 Å². The third kappa shape index (κ3) is 2.76. The van der Waals surface area contributed by atoms with E-state index in [-0.39, 0.29) is 18.5 Å². The molecule has 8 nitrogen and oxygen atoms in total. The van der Waals surface area contributed by atoms with Gasteiger partial charge < -0.3 is 20.3 Å². The van der Waals surface area contributed by atoms with Gasteiger partial charge in [-0.05, 0) is 6.92 Å². The molecule has 2 heterocycles. The number of ether oxygens (including phenoxy) is 1. The summed E-state index contributed by atoms with van der Waals surface area (Å²) in [5, 5.41) is 5.60. The summed E-state index contributed by atoms with van der Waals surface area (Å²) < 4.78 is 5.28. The lowest BCUT2D eigenvalue weighted by molar-refractivity contribution is -0.120. The van der Waals surface area contributed by atoms with Gasteiger partial charge in [-0.25, -0.2) is 0 Å². The number of aromatic nitrogens is 3. The molecule has 2 N–H and O–H groups in total. The molecule has 1 fully saturated rings. The van der Waals surface area contributed by atoms with Crippen LogP contribution in [0.4, 0.5) is 11.9 Å². The van der Waals surface area contributed by atoms with E-state index in [1.807, 2.05) is 6.92 Å². The Morgan fingerprint density at radius 1 is 1.44 bits per heavy atom. The van der Waals surface area contributed by atoms with E-state index in [9.17, 15) is 4.79 Å². The van der Waals surface area contributed by atoms with Crippen LogP contribution in [0.2, 0.25) is 0 Å². The molecule has 1 aromatic heterocycles. The minimum Gasteiger partial charge on any atom is -0.464 e. The van der Waals surface area contributed by atoms with Gasteiger partial charge >= 0.3 is 6.01 Å². The van der Waals surface area contributed by atoms with E-state index in [0.717, 1.165) is 0 Å². The first kappa shape index (κ1) is 12.3. The van der Waals surface area contributed by atoms with Crippen LogP contribution in [0.25, 0.3) is 0 Å². The largest absolute Gasteiger partial charge is 0.464 e. The Bertz CT molecular complexity index is 438. The topological polar surface area (TPSA) is 92.3 Å². The molecular formula is C10H16N6O2. The van der Waals surface area contributed by atoms with Crippen molar-refractivity contribution in [1.29, 1.82) is 0 Å². The second-order valence-corrected chi connectivity index (χ2v) is 3.70. The van der Waals surface area contributed by atoms with Crippen LogP contribution in [-0.2, 0) is 4.79 Å². The molecule has 98 valence electrons. The zero-order chi connectivity index (χ0) is 13.0. The van der Waals surface area contributed by atoms with Crippen molar-refractivity contribution in [1.82, 2.24) is 20.3 Å². The van der Waals surface area contributed by atoms with Crippen molar-refractivity contribution in [3.63, 3.8) is 0 Å². The zero-order valence-electron chi connectivity index (χ0n) is 10.4. The molecular weight excluding hydrogens is 236 g/mol. The summed E-state index contributed by atoms with van der Waals surface area (Å²) in [6.45, 7) is 3.84. The maximum absolute atomic E-state index is 11.3. The van der Waals surface area contributed by atoms with E-state index in [1.165, 1.54) is 0 Å². The Morgan fingerprint density at radius 3 is 2.94 bits per heavy atom. The van der Waals surface area contributed by atoms with Gasteiger partial charge in [0.05, 0.1) is 13.2 Å². The molecule has 2 rings (SSSR count). The highest BCUT2D eigenvalue weighted by atomic mass is 16.5. The maximum Gasteiger partial charge on any atom is 0.323 e. The number of anilines is 2. The van der Waals surface area contributed by atoms with E-state index in [2.05, 4.69) is 25.6 Å². The van der Waals surface area contributed by atoms with Gasteiger partial charge in [-0.2, -0.15) is 15.0 Å². The molecule has 1 saturated heterocycles. The monoisotopic (exact) mass is 252 g/mol. The summed E-state index contributed by atoms with van der Waals surface area (Å²) in [6, 6.07) is 0.262. The van der Waals surface area contributed by atoms with Crippen LogP contribution in [0.15, 0.2) is 0 Å². The molecule has 0 unspecified atom stereocenters. The summed E-state index contributed by atoms with van der Waals surface area (Å²) in [5.41, 5.74) is 0. The molecule has 0 radical (unpaired) electrons. The van der Waals surface area contributed by atoms with E-state index >= 15 is 0 Å². The summed E-state index contributed by atoms with van der Waals surface area (Å²) in [5.74, 6) is 0.840. The minimum absolute atomic E-state index is 0.0365. The molecule has 0 aromatic carbocycles. The highest BCUT2D eigenvalue weighted by Crippen LogP contribution is 2.15. The molecule has 18 heavy (non-hydrogen) atoms. The van der Waals surface area contributed by atoms with Crippen molar-refractivity contribution in [2.45, 2.75) is 6.92 Å². The van der Waals surface area contributed by atoms with Crippen LogP contribution >= 0.6 is 0 Å². The third-order valence-electron chi connectivity index (χ3n) is 2.42. The Hall–Kier alpha value is -2.12. The molecule has 0 spiro atoms. The van der Waals surface area contributed by atoms with Crippen LogP contribution in [0.1, 0.15) is 6.92 Å². The number of rotatable bonds is 4. The van der Waals surface area contributed by atoms with Crippen molar-refractivity contribution < 1.29 is 9.53 Å². The van der Waals surface area contributed by atoms with Crippen LogP contribution < -0.4 is 20.3 Å². The van der Waals surface area contributed by atoms with Gasteiger partial charge in [0.2, 0.25) is 17.8 Å². The van der Waals surface area contributed by atoms with Crippen molar-refractivity contribution in [2.75, 3.05) is 43.5 Å². The lowest BCUT2D eigenvalue weighted by Gasteiger charge is -2.26.